The van der Waals surface area contributed by atoms with E-state index in [4.69, 9.17) is 4.42 Å². The van der Waals surface area contributed by atoms with Crippen molar-refractivity contribution in [3.8, 4) is 0 Å². The van der Waals surface area contributed by atoms with E-state index in [9.17, 15) is 5.11 Å². The van der Waals surface area contributed by atoms with Crippen LogP contribution in [0.1, 0.15) is 48.7 Å². The number of hydrogen-bond donors (Lipinski definition) is 3. The number of thiophene rings is 1. The molecule has 0 saturated heterocycles. The monoisotopic (exact) mass is 491 g/mol. The molecule has 2 heterocycles. The van der Waals surface area contributed by atoms with E-state index in [1.807, 2.05) is 26.8 Å². The normalized spacial score (nSPS) is 15.1. The van der Waals surface area contributed by atoms with Crippen LogP contribution in [0.25, 0.3) is 0 Å². The van der Waals surface area contributed by atoms with E-state index < -0.39 is 5.60 Å². The first-order valence-electron chi connectivity index (χ1n) is 8.69. The predicted octanol–water partition coefficient (Wildman–Crippen LogP) is 4.14. The summed E-state index contributed by atoms with van der Waals surface area (Å²) in [5.41, 5.74) is -0.277. The maximum Gasteiger partial charge on any atom is 0.191 e. The van der Waals surface area contributed by atoms with Crippen molar-refractivity contribution in [2.24, 2.45) is 4.99 Å². The summed E-state index contributed by atoms with van der Waals surface area (Å²) >= 11 is 1.76. The van der Waals surface area contributed by atoms with E-state index >= 15 is 0 Å². The molecule has 0 fully saturated rings. The molecule has 0 amide bonds. The Morgan fingerprint density at radius 3 is 2.65 bits per heavy atom. The lowest BCUT2D eigenvalue weighted by Gasteiger charge is -2.22. The molecule has 0 aliphatic rings. The maximum atomic E-state index is 10.8. The molecule has 0 saturated carbocycles. The minimum Gasteiger partial charge on any atom is -0.466 e. The van der Waals surface area contributed by atoms with Crippen LogP contribution >= 0.6 is 35.3 Å². The Labute approximate surface area is 177 Å². The lowest BCUT2D eigenvalue weighted by Crippen LogP contribution is -2.40. The zero-order chi connectivity index (χ0) is 18.4. The van der Waals surface area contributed by atoms with Gasteiger partial charge in [0.1, 0.15) is 17.1 Å². The van der Waals surface area contributed by atoms with Gasteiger partial charge in [-0.2, -0.15) is 0 Å². The Morgan fingerprint density at radius 1 is 1.38 bits per heavy atom. The Kier molecular flexibility index (Phi) is 9.12. The van der Waals surface area contributed by atoms with Crippen molar-refractivity contribution >= 4 is 41.3 Å². The number of nitrogens with one attached hydrogen (secondary N) is 2. The van der Waals surface area contributed by atoms with Gasteiger partial charge in [0.15, 0.2) is 5.96 Å². The quantitative estimate of drug-likeness (QED) is 0.309. The van der Waals surface area contributed by atoms with Gasteiger partial charge in [-0.3, -0.25) is 0 Å². The van der Waals surface area contributed by atoms with Crippen LogP contribution in [0.4, 0.5) is 0 Å². The van der Waals surface area contributed by atoms with Crippen LogP contribution in [0.3, 0.4) is 0 Å². The summed E-state index contributed by atoms with van der Waals surface area (Å²) in [4.78, 5) is 5.92. The third-order valence-corrected chi connectivity index (χ3v) is 5.22. The summed E-state index contributed by atoms with van der Waals surface area (Å²) in [6, 6.07) is 6.10. The Balaban J connectivity index is 0.00000338. The van der Waals surface area contributed by atoms with Gasteiger partial charge < -0.3 is 20.2 Å². The van der Waals surface area contributed by atoms with Gasteiger partial charge in [0, 0.05) is 29.4 Å². The van der Waals surface area contributed by atoms with Crippen LogP contribution in [0, 0.1) is 13.8 Å². The van der Waals surface area contributed by atoms with Crippen molar-refractivity contribution in [1.29, 1.82) is 0 Å². The zero-order valence-corrected chi connectivity index (χ0v) is 19.3. The number of aryl methyl sites for hydroxylation is 2. The number of hydrogen-bond acceptors (Lipinski definition) is 4. The molecule has 0 radical (unpaired) electrons. The van der Waals surface area contributed by atoms with Gasteiger partial charge in [0.2, 0.25) is 0 Å². The highest BCUT2D eigenvalue weighted by Crippen LogP contribution is 2.27. The van der Waals surface area contributed by atoms with E-state index in [0.29, 0.717) is 11.9 Å². The van der Waals surface area contributed by atoms with Gasteiger partial charge in [0.05, 0.1) is 6.54 Å². The van der Waals surface area contributed by atoms with Gasteiger partial charge >= 0.3 is 0 Å². The molecule has 26 heavy (non-hydrogen) atoms. The van der Waals surface area contributed by atoms with Crippen molar-refractivity contribution in [2.75, 3.05) is 19.6 Å². The number of nitrogens with zero attached hydrogens (tertiary/aromatic N) is 1. The molecule has 2 aromatic rings. The average Bonchev–Trinajstić information content (AvgIpc) is 3.19. The van der Waals surface area contributed by atoms with Crippen molar-refractivity contribution in [1.82, 2.24) is 10.6 Å². The lowest BCUT2D eigenvalue weighted by atomic mass is 9.96. The molecule has 2 atom stereocenters. The van der Waals surface area contributed by atoms with Crippen LogP contribution in [-0.2, 0) is 5.60 Å². The molecular formula is C19H30IN3O2S. The summed E-state index contributed by atoms with van der Waals surface area (Å²) in [7, 11) is 0. The zero-order valence-electron chi connectivity index (χ0n) is 16.1. The fourth-order valence-corrected chi connectivity index (χ4v) is 3.53. The van der Waals surface area contributed by atoms with E-state index in [0.717, 1.165) is 30.2 Å². The number of guanidine groups is 1. The number of aliphatic hydroxyl groups is 1. The molecule has 0 aliphatic carbocycles. The Morgan fingerprint density at radius 2 is 2.12 bits per heavy atom. The number of furan rings is 1. The summed E-state index contributed by atoms with van der Waals surface area (Å²) in [6.07, 6.45) is 0. The largest absolute Gasteiger partial charge is 0.466 e. The molecule has 0 aromatic carbocycles. The van der Waals surface area contributed by atoms with Crippen LogP contribution < -0.4 is 10.6 Å². The summed E-state index contributed by atoms with van der Waals surface area (Å²) < 4.78 is 5.54. The first kappa shape index (κ1) is 23.0. The first-order chi connectivity index (χ1) is 11.8. The number of halogens is 1. The molecule has 146 valence electrons. The molecule has 0 spiro atoms. The van der Waals surface area contributed by atoms with Crippen molar-refractivity contribution in [3.05, 3.63) is 45.5 Å². The fourth-order valence-electron chi connectivity index (χ4n) is 2.75. The smallest absolute Gasteiger partial charge is 0.191 e. The molecule has 2 unspecified atom stereocenters. The van der Waals surface area contributed by atoms with E-state index in [2.05, 4.69) is 40.1 Å². The highest BCUT2D eigenvalue weighted by atomic mass is 127. The second-order valence-corrected chi connectivity index (χ2v) is 7.57. The van der Waals surface area contributed by atoms with Gasteiger partial charge in [-0.15, -0.1) is 35.3 Å². The van der Waals surface area contributed by atoms with Crippen LogP contribution in [0.15, 0.2) is 33.0 Å². The second kappa shape index (κ2) is 10.3. The van der Waals surface area contributed by atoms with Gasteiger partial charge in [-0.25, -0.2) is 4.99 Å². The van der Waals surface area contributed by atoms with Gasteiger partial charge in [-0.05, 0) is 45.2 Å². The predicted molar refractivity (Wildman–Crippen MR) is 120 cm³/mol. The third kappa shape index (κ3) is 6.28. The topological polar surface area (TPSA) is 69.8 Å². The summed E-state index contributed by atoms with van der Waals surface area (Å²) in [6.45, 7) is 11.6. The Hall–Kier alpha value is -1.06. The fraction of sp³-hybridized carbons (Fsp3) is 0.526. The first-order valence-corrected chi connectivity index (χ1v) is 9.57. The highest BCUT2D eigenvalue weighted by molar-refractivity contribution is 14.0. The van der Waals surface area contributed by atoms with Gasteiger partial charge in [-0.1, -0.05) is 13.0 Å². The average molecular weight is 491 g/mol. The summed E-state index contributed by atoms with van der Waals surface area (Å²) in [5.74, 6) is 2.65. The maximum absolute atomic E-state index is 10.8. The van der Waals surface area contributed by atoms with Crippen LogP contribution in [0.2, 0.25) is 0 Å². The molecule has 3 N–H and O–H groups in total. The molecule has 5 nitrogen and oxygen atoms in total. The number of aliphatic imine (C=N–C) groups is 1. The van der Waals surface area contributed by atoms with Crippen LogP contribution in [-0.4, -0.2) is 30.7 Å². The lowest BCUT2D eigenvalue weighted by molar-refractivity contribution is 0.0657. The molecule has 2 aromatic heterocycles. The standard InChI is InChI=1S/C19H29N3O2S.HI/c1-6-20-18(21-11-13(2)17-8-7-9-25-17)22-12-19(5,23)16-10-14(3)24-15(16)4;/h7-10,13,23H,6,11-12H2,1-5H3,(H2,20,21,22);1H. The van der Waals surface area contributed by atoms with E-state index in [-0.39, 0.29) is 30.5 Å². The minimum absolute atomic E-state index is 0. The molecule has 2 rings (SSSR count). The van der Waals surface area contributed by atoms with Crippen molar-refractivity contribution < 1.29 is 9.52 Å². The summed E-state index contributed by atoms with van der Waals surface area (Å²) in [5, 5.41) is 19.5. The Bertz CT molecular complexity index is 696. The second-order valence-electron chi connectivity index (χ2n) is 6.59. The SMILES string of the molecule is CCNC(=NCC(C)(O)c1cc(C)oc1C)NCC(C)c1cccs1.I. The van der Waals surface area contributed by atoms with Gasteiger partial charge in [0.25, 0.3) is 0 Å². The molecular weight excluding hydrogens is 461 g/mol. The third-order valence-electron chi connectivity index (χ3n) is 4.12. The van der Waals surface area contributed by atoms with Crippen molar-refractivity contribution in [2.45, 2.75) is 46.1 Å². The van der Waals surface area contributed by atoms with E-state index in [1.54, 1.807) is 18.3 Å². The van der Waals surface area contributed by atoms with E-state index in [1.165, 1.54) is 4.88 Å². The molecule has 0 aliphatic heterocycles. The van der Waals surface area contributed by atoms with Crippen molar-refractivity contribution in [3.63, 3.8) is 0 Å². The minimum atomic E-state index is -1.07. The highest BCUT2D eigenvalue weighted by Gasteiger charge is 2.27. The van der Waals surface area contributed by atoms with Crippen LogP contribution in [0.5, 0.6) is 0 Å². The molecule has 7 heteroatoms. The number of rotatable bonds is 7. The molecule has 0 bridgehead atoms.